The van der Waals surface area contributed by atoms with E-state index >= 15 is 0 Å². The van der Waals surface area contributed by atoms with Crippen LogP contribution in [0.3, 0.4) is 0 Å². The van der Waals surface area contributed by atoms with Crippen molar-refractivity contribution in [2.75, 3.05) is 4.90 Å². The zero-order chi connectivity index (χ0) is 26.4. The second-order valence-corrected chi connectivity index (χ2v) is 8.53. The Kier molecular flexibility index (Phi) is 7.65. The van der Waals surface area contributed by atoms with E-state index in [2.05, 4.69) is 61.4 Å². The van der Waals surface area contributed by atoms with Crippen LogP contribution in [-0.4, -0.2) is 11.9 Å². The highest BCUT2D eigenvalue weighted by Crippen LogP contribution is 2.36. The first-order valence-corrected chi connectivity index (χ1v) is 11.7. The molecule has 0 radical (unpaired) electrons. The maximum atomic E-state index is 11.7. The van der Waals surface area contributed by atoms with Gasteiger partial charge in [0.25, 0.3) is 0 Å². The van der Waals surface area contributed by atoms with Gasteiger partial charge < -0.3 is 14.4 Å². The van der Waals surface area contributed by atoms with E-state index in [1.807, 2.05) is 36.4 Å². The second kappa shape index (κ2) is 11.2. The van der Waals surface area contributed by atoms with Gasteiger partial charge in [-0.15, -0.1) is 0 Å². The molecule has 0 aromatic heterocycles. The zero-order valence-electron chi connectivity index (χ0n) is 20.8. The van der Waals surface area contributed by atoms with E-state index in [-0.39, 0.29) is 0 Å². The zero-order valence-corrected chi connectivity index (χ0v) is 20.8. The summed E-state index contributed by atoms with van der Waals surface area (Å²) in [4.78, 5) is 25.4. The summed E-state index contributed by atoms with van der Waals surface area (Å²) in [7, 11) is 0. The first kappa shape index (κ1) is 25.2. The van der Waals surface area contributed by atoms with Gasteiger partial charge in [-0.2, -0.15) is 0 Å². The quantitative estimate of drug-likeness (QED) is 0.144. The smallest absolute Gasteiger partial charge is 0.338 e. The molecule has 0 fully saturated rings. The van der Waals surface area contributed by atoms with Crippen molar-refractivity contribution in [3.8, 4) is 22.6 Å². The largest absolute Gasteiger partial charge is 0.423 e. The maximum absolute atomic E-state index is 11.7. The van der Waals surface area contributed by atoms with Crippen LogP contribution >= 0.6 is 0 Å². The Balaban J connectivity index is 1.62. The average Bonchev–Trinajstić information content (AvgIpc) is 2.91. The normalized spacial score (nSPS) is 10.3. The number of rotatable bonds is 8. The van der Waals surface area contributed by atoms with Gasteiger partial charge in [0.15, 0.2) is 0 Å². The minimum atomic E-state index is -0.499. The molecule has 0 N–H and O–H groups in total. The highest BCUT2D eigenvalue weighted by Gasteiger charge is 2.14. The summed E-state index contributed by atoms with van der Waals surface area (Å²) in [5, 5.41) is 0. The number of nitrogens with zero attached hydrogens (tertiary/aromatic N) is 1. The summed E-state index contributed by atoms with van der Waals surface area (Å²) in [6, 6.07) is 31.2. The van der Waals surface area contributed by atoms with E-state index < -0.39 is 11.9 Å². The summed E-state index contributed by atoms with van der Waals surface area (Å²) >= 11 is 0. The molecular weight excluding hydrogens is 462 g/mol. The van der Waals surface area contributed by atoms with E-state index in [0.717, 1.165) is 34.3 Å². The van der Waals surface area contributed by atoms with Gasteiger partial charge >= 0.3 is 11.9 Å². The number of anilines is 3. The van der Waals surface area contributed by atoms with Crippen LogP contribution in [0.5, 0.6) is 11.5 Å². The van der Waals surface area contributed by atoms with Crippen molar-refractivity contribution in [3.05, 3.63) is 127 Å². The fourth-order valence-corrected chi connectivity index (χ4v) is 3.67. The van der Waals surface area contributed by atoms with Crippen LogP contribution in [0.15, 0.2) is 122 Å². The van der Waals surface area contributed by atoms with Gasteiger partial charge in [-0.1, -0.05) is 55.1 Å². The van der Waals surface area contributed by atoms with Gasteiger partial charge in [0.05, 0.1) is 0 Å². The van der Waals surface area contributed by atoms with Crippen LogP contribution < -0.4 is 14.4 Å². The Labute approximate surface area is 216 Å². The Morgan fingerprint density at radius 2 is 1.08 bits per heavy atom. The summed E-state index contributed by atoms with van der Waals surface area (Å²) in [6.45, 7) is 10.7. The fourth-order valence-electron chi connectivity index (χ4n) is 3.67. The van der Waals surface area contributed by atoms with Crippen LogP contribution in [0.25, 0.3) is 11.1 Å². The van der Waals surface area contributed by atoms with Crippen molar-refractivity contribution < 1.29 is 19.1 Å². The molecule has 5 heteroatoms. The van der Waals surface area contributed by atoms with Gasteiger partial charge in [0, 0.05) is 28.7 Å². The number of esters is 2. The lowest BCUT2D eigenvalue weighted by atomic mass is 10.0. The third-order valence-electron chi connectivity index (χ3n) is 5.64. The second-order valence-electron chi connectivity index (χ2n) is 8.53. The van der Waals surface area contributed by atoms with Crippen molar-refractivity contribution in [2.45, 2.75) is 13.8 Å². The summed E-state index contributed by atoms with van der Waals surface area (Å²) in [5.74, 6) is -0.0210. The Morgan fingerprint density at radius 3 is 1.57 bits per heavy atom. The van der Waals surface area contributed by atoms with Crippen molar-refractivity contribution in [2.24, 2.45) is 0 Å². The van der Waals surface area contributed by atoms with E-state index in [1.165, 1.54) is 5.56 Å². The molecule has 0 amide bonds. The van der Waals surface area contributed by atoms with E-state index in [4.69, 9.17) is 9.47 Å². The SMILES string of the molecule is C=CC(=O)Oc1ccc(N(c2ccc(C)cc2)c2ccc(-c3ccc(OC(=O)C(=C)C)cc3)cc2)cc1. The van der Waals surface area contributed by atoms with Crippen LogP contribution in [0.1, 0.15) is 12.5 Å². The number of aryl methyl sites for hydroxylation is 1. The topological polar surface area (TPSA) is 55.8 Å². The number of hydrogen-bond acceptors (Lipinski definition) is 5. The summed E-state index contributed by atoms with van der Waals surface area (Å²) < 4.78 is 10.5. The molecule has 0 spiro atoms. The standard InChI is InChI=1S/C32H27NO4/c1-5-31(34)36-29-20-16-28(17-21-29)33(26-12-6-23(4)7-13-26)27-14-8-24(9-15-27)25-10-18-30(19-11-25)37-32(35)22(2)3/h5-21H,1-2H2,3-4H3. The average molecular weight is 490 g/mol. The Hall–Kier alpha value is -4.90. The van der Waals surface area contributed by atoms with Crippen molar-refractivity contribution in [1.29, 1.82) is 0 Å². The molecular formula is C32H27NO4. The number of hydrogen-bond donors (Lipinski definition) is 0. The molecule has 37 heavy (non-hydrogen) atoms. The molecule has 0 atom stereocenters. The minimum Gasteiger partial charge on any atom is -0.423 e. The first-order chi connectivity index (χ1) is 17.8. The Bertz CT molecular complexity index is 1420. The van der Waals surface area contributed by atoms with Crippen molar-refractivity contribution in [1.82, 2.24) is 0 Å². The molecule has 0 bridgehead atoms. The highest BCUT2D eigenvalue weighted by molar-refractivity contribution is 5.89. The van der Waals surface area contributed by atoms with Crippen LogP contribution in [-0.2, 0) is 9.59 Å². The van der Waals surface area contributed by atoms with E-state index in [1.54, 1.807) is 31.2 Å². The number of carbonyl (C=O) groups is 2. The number of benzene rings is 4. The molecule has 184 valence electrons. The van der Waals surface area contributed by atoms with E-state index in [9.17, 15) is 9.59 Å². The van der Waals surface area contributed by atoms with E-state index in [0.29, 0.717) is 17.1 Å². The maximum Gasteiger partial charge on any atom is 0.338 e. The summed E-state index contributed by atoms with van der Waals surface area (Å²) in [5.41, 5.74) is 6.43. The molecule has 0 heterocycles. The van der Waals surface area contributed by atoms with Gasteiger partial charge in [-0.25, -0.2) is 9.59 Å². The lowest BCUT2D eigenvalue weighted by Gasteiger charge is -2.26. The molecule has 5 nitrogen and oxygen atoms in total. The van der Waals surface area contributed by atoms with Crippen LogP contribution in [0, 0.1) is 6.92 Å². The minimum absolute atomic E-state index is 0.352. The highest BCUT2D eigenvalue weighted by atomic mass is 16.5. The molecule has 0 saturated heterocycles. The summed E-state index contributed by atoms with van der Waals surface area (Å²) in [6.07, 6.45) is 1.14. The van der Waals surface area contributed by atoms with Gasteiger partial charge in [-0.05, 0) is 85.6 Å². The third kappa shape index (κ3) is 6.21. The Morgan fingerprint density at radius 1 is 0.676 bits per heavy atom. The van der Waals surface area contributed by atoms with Crippen LogP contribution in [0.4, 0.5) is 17.1 Å². The molecule has 0 aliphatic carbocycles. The third-order valence-corrected chi connectivity index (χ3v) is 5.64. The first-order valence-electron chi connectivity index (χ1n) is 11.7. The predicted octanol–water partition coefficient (Wildman–Crippen LogP) is 7.70. The molecule has 4 rings (SSSR count). The van der Waals surface area contributed by atoms with Gasteiger partial charge in [0.1, 0.15) is 11.5 Å². The van der Waals surface area contributed by atoms with Crippen LogP contribution in [0.2, 0.25) is 0 Å². The lowest BCUT2D eigenvalue weighted by Crippen LogP contribution is -2.10. The molecule has 0 aliphatic heterocycles. The molecule has 0 unspecified atom stereocenters. The van der Waals surface area contributed by atoms with Crippen molar-refractivity contribution >= 4 is 29.0 Å². The van der Waals surface area contributed by atoms with Gasteiger partial charge in [-0.3, -0.25) is 0 Å². The molecule has 0 saturated carbocycles. The lowest BCUT2D eigenvalue weighted by molar-refractivity contribution is -0.130. The molecule has 4 aromatic carbocycles. The van der Waals surface area contributed by atoms with Gasteiger partial charge in [0.2, 0.25) is 0 Å². The molecule has 0 aliphatic rings. The number of carbonyl (C=O) groups excluding carboxylic acids is 2. The predicted molar refractivity (Wildman–Crippen MR) is 148 cm³/mol. The fraction of sp³-hybridized carbons (Fsp3) is 0.0625. The van der Waals surface area contributed by atoms with Crippen molar-refractivity contribution in [3.63, 3.8) is 0 Å². The monoisotopic (exact) mass is 489 g/mol. The number of ether oxygens (including phenoxy) is 2. The molecule has 4 aromatic rings.